The van der Waals surface area contributed by atoms with E-state index in [1.165, 1.54) is 74.7 Å². The summed E-state index contributed by atoms with van der Waals surface area (Å²) in [5.41, 5.74) is 5.07. The van der Waals surface area contributed by atoms with Crippen molar-refractivity contribution in [2.75, 3.05) is 0 Å². The Kier molecular flexibility index (Phi) is 3.91. The van der Waals surface area contributed by atoms with Gasteiger partial charge in [0.15, 0.2) is 0 Å². The molecule has 0 saturated heterocycles. The van der Waals surface area contributed by atoms with Gasteiger partial charge in [-0.25, -0.2) is 0 Å². The molecule has 0 saturated carbocycles. The van der Waals surface area contributed by atoms with Gasteiger partial charge in [-0.2, -0.15) is 0 Å². The highest BCUT2D eigenvalue weighted by molar-refractivity contribution is 7.25. The minimum Gasteiger partial charge on any atom is -0.135 e. The number of benzene rings is 7. The van der Waals surface area contributed by atoms with E-state index in [2.05, 4.69) is 121 Å². The van der Waals surface area contributed by atoms with Crippen LogP contribution in [0, 0.1) is 0 Å². The first-order valence-corrected chi connectivity index (χ1v) is 12.8. The van der Waals surface area contributed by atoms with Crippen molar-refractivity contribution < 1.29 is 0 Å². The van der Waals surface area contributed by atoms with Gasteiger partial charge in [-0.15, -0.1) is 11.3 Å². The van der Waals surface area contributed by atoms with Crippen LogP contribution in [-0.4, -0.2) is 0 Å². The van der Waals surface area contributed by atoms with Gasteiger partial charge < -0.3 is 0 Å². The smallest absolute Gasteiger partial charge is 0.0355 e. The molecule has 0 aliphatic carbocycles. The maximum atomic E-state index is 2.35. The van der Waals surface area contributed by atoms with Crippen LogP contribution in [0.1, 0.15) is 0 Å². The molecule has 0 bridgehead atoms. The lowest BCUT2D eigenvalue weighted by Gasteiger charge is -2.14. The summed E-state index contributed by atoms with van der Waals surface area (Å²) in [5.74, 6) is 0. The predicted molar refractivity (Wildman–Crippen MR) is 154 cm³/mol. The quantitative estimate of drug-likeness (QED) is 0.225. The summed E-state index contributed by atoms with van der Waals surface area (Å²) < 4.78 is 2.70. The van der Waals surface area contributed by atoms with Crippen molar-refractivity contribution in [2.24, 2.45) is 0 Å². The monoisotopic (exact) mass is 460 g/mol. The van der Waals surface area contributed by atoms with Crippen LogP contribution in [0.5, 0.6) is 0 Å². The van der Waals surface area contributed by atoms with Crippen molar-refractivity contribution >= 4 is 63.8 Å². The van der Waals surface area contributed by atoms with Gasteiger partial charge in [0.05, 0.1) is 0 Å². The highest BCUT2D eigenvalue weighted by Crippen LogP contribution is 2.40. The molecule has 0 amide bonds. The zero-order valence-electron chi connectivity index (χ0n) is 19.0. The van der Waals surface area contributed by atoms with E-state index in [-0.39, 0.29) is 0 Å². The normalized spacial score (nSPS) is 12.0. The Morgan fingerprint density at radius 2 is 1.03 bits per heavy atom. The molecule has 0 spiro atoms. The molecule has 0 fully saturated rings. The molecule has 7 aromatic carbocycles. The van der Waals surface area contributed by atoms with Crippen molar-refractivity contribution in [3.63, 3.8) is 0 Å². The molecule has 8 rings (SSSR count). The highest BCUT2D eigenvalue weighted by Gasteiger charge is 2.12. The molecule has 0 N–H and O–H groups in total. The molecular formula is C34H20S. The Hall–Kier alpha value is -4.20. The molecule has 0 atom stereocenters. The van der Waals surface area contributed by atoms with Gasteiger partial charge in [-0.3, -0.25) is 0 Å². The number of thiophene rings is 1. The lowest BCUT2D eigenvalue weighted by Crippen LogP contribution is -1.87. The van der Waals surface area contributed by atoms with Gasteiger partial charge >= 0.3 is 0 Å². The van der Waals surface area contributed by atoms with Crippen LogP contribution >= 0.6 is 11.3 Å². The maximum Gasteiger partial charge on any atom is 0.0355 e. The second kappa shape index (κ2) is 7.15. The Balaban J connectivity index is 1.27. The van der Waals surface area contributed by atoms with Crippen LogP contribution in [0.2, 0.25) is 0 Å². The topological polar surface area (TPSA) is 0 Å². The van der Waals surface area contributed by atoms with Gasteiger partial charge in [0.1, 0.15) is 0 Å². The highest BCUT2D eigenvalue weighted by atomic mass is 32.1. The molecule has 0 aliphatic rings. The van der Waals surface area contributed by atoms with Crippen molar-refractivity contribution in [2.45, 2.75) is 0 Å². The zero-order valence-corrected chi connectivity index (χ0v) is 19.8. The van der Waals surface area contributed by atoms with Crippen LogP contribution in [0.25, 0.3) is 74.7 Å². The van der Waals surface area contributed by atoms with Crippen molar-refractivity contribution in [1.82, 2.24) is 0 Å². The van der Waals surface area contributed by atoms with Crippen molar-refractivity contribution in [3.05, 3.63) is 121 Å². The standard InChI is InChI=1S/C34H20S/c1-2-7-31-28(6-1)30-20-26(16-19-32(30)35-31)21-8-10-22(11-9-21)27-17-14-25-13-12-23-4-3-5-24-15-18-29(27)34(25)33(23)24/h1-20H. The van der Waals surface area contributed by atoms with Gasteiger partial charge in [0.25, 0.3) is 0 Å². The van der Waals surface area contributed by atoms with Gasteiger partial charge in [0.2, 0.25) is 0 Å². The third kappa shape index (κ3) is 2.79. The fourth-order valence-corrected chi connectivity index (χ4v) is 6.82. The summed E-state index contributed by atoms with van der Waals surface area (Å²) in [6.45, 7) is 0. The lowest BCUT2D eigenvalue weighted by molar-refractivity contribution is 1.63. The molecule has 0 aliphatic heterocycles. The van der Waals surface area contributed by atoms with Crippen LogP contribution < -0.4 is 0 Å². The van der Waals surface area contributed by atoms with E-state index in [4.69, 9.17) is 0 Å². The minimum atomic E-state index is 1.25. The first-order valence-electron chi connectivity index (χ1n) is 12.0. The Labute approximate surface area is 207 Å². The summed E-state index contributed by atoms with van der Waals surface area (Å²) in [6.07, 6.45) is 0. The van der Waals surface area contributed by atoms with Crippen LogP contribution in [0.15, 0.2) is 121 Å². The van der Waals surface area contributed by atoms with Gasteiger partial charge in [-0.1, -0.05) is 103 Å². The average molecular weight is 461 g/mol. The van der Waals surface area contributed by atoms with E-state index in [1.54, 1.807) is 0 Å². The Morgan fingerprint density at radius 3 is 1.89 bits per heavy atom. The van der Waals surface area contributed by atoms with Crippen molar-refractivity contribution in [3.8, 4) is 22.3 Å². The molecule has 1 heterocycles. The number of hydrogen-bond acceptors (Lipinski definition) is 1. The van der Waals surface area contributed by atoms with Gasteiger partial charge in [0, 0.05) is 20.2 Å². The number of fused-ring (bicyclic) bond motifs is 3. The molecule has 0 radical (unpaired) electrons. The fraction of sp³-hybridized carbons (Fsp3) is 0. The average Bonchev–Trinajstić information content (AvgIpc) is 3.30. The summed E-state index contributed by atoms with van der Waals surface area (Å²) in [5, 5.41) is 10.7. The second-order valence-corrected chi connectivity index (χ2v) is 10.4. The fourth-order valence-electron chi connectivity index (χ4n) is 5.73. The molecule has 1 aromatic heterocycles. The molecular weight excluding hydrogens is 440 g/mol. The SMILES string of the molecule is c1cc2ccc3ccc(-c4ccc(-c5ccc6sc7ccccc7c6c5)cc4)c4ccc(c1)c2c34. The van der Waals surface area contributed by atoms with Crippen LogP contribution in [0.4, 0.5) is 0 Å². The number of rotatable bonds is 2. The first kappa shape index (κ1) is 19.1. The lowest BCUT2D eigenvalue weighted by atomic mass is 9.89. The van der Waals surface area contributed by atoms with E-state index in [0.717, 1.165) is 0 Å². The molecule has 1 heteroatoms. The third-order valence-corrected chi connectivity index (χ3v) is 8.59. The third-order valence-electron chi connectivity index (χ3n) is 7.43. The molecule has 0 nitrogen and oxygen atoms in total. The summed E-state index contributed by atoms with van der Waals surface area (Å²) in [7, 11) is 0. The minimum absolute atomic E-state index is 1.25. The first-order chi connectivity index (χ1) is 17.3. The van der Waals surface area contributed by atoms with E-state index >= 15 is 0 Å². The molecule has 35 heavy (non-hydrogen) atoms. The predicted octanol–water partition coefficient (Wildman–Crippen LogP) is 10.3. The van der Waals surface area contributed by atoms with E-state index in [9.17, 15) is 0 Å². The molecule has 0 unspecified atom stereocenters. The van der Waals surface area contributed by atoms with E-state index in [1.807, 2.05) is 11.3 Å². The van der Waals surface area contributed by atoms with Crippen LogP contribution in [-0.2, 0) is 0 Å². The zero-order chi connectivity index (χ0) is 22.9. The number of hydrogen-bond donors (Lipinski definition) is 0. The summed E-state index contributed by atoms with van der Waals surface area (Å²) in [6, 6.07) is 44.8. The largest absolute Gasteiger partial charge is 0.135 e. The van der Waals surface area contributed by atoms with Crippen molar-refractivity contribution in [1.29, 1.82) is 0 Å². The summed E-state index contributed by atoms with van der Waals surface area (Å²) in [4.78, 5) is 0. The maximum absolute atomic E-state index is 2.35. The molecule has 162 valence electrons. The molecule has 8 aromatic rings. The Bertz CT molecular complexity index is 2020. The van der Waals surface area contributed by atoms with E-state index < -0.39 is 0 Å². The van der Waals surface area contributed by atoms with Gasteiger partial charge in [-0.05, 0) is 72.8 Å². The summed E-state index contributed by atoms with van der Waals surface area (Å²) >= 11 is 1.87. The second-order valence-electron chi connectivity index (χ2n) is 9.36. The Morgan fingerprint density at radius 1 is 0.371 bits per heavy atom. The van der Waals surface area contributed by atoms with E-state index in [0.29, 0.717) is 0 Å². The van der Waals surface area contributed by atoms with Crippen LogP contribution in [0.3, 0.4) is 0 Å².